The van der Waals surface area contributed by atoms with E-state index in [0.717, 1.165) is 5.56 Å². The molecule has 3 aromatic carbocycles. The van der Waals surface area contributed by atoms with Crippen LogP contribution in [0, 0.1) is 13.8 Å². The summed E-state index contributed by atoms with van der Waals surface area (Å²) in [6, 6.07) is 21.0. The van der Waals surface area contributed by atoms with Gasteiger partial charge in [-0.3, -0.25) is 9.59 Å². The normalized spacial score (nSPS) is 14.8. The summed E-state index contributed by atoms with van der Waals surface area (Å²) in [5, 5.41) is 0. The molecule has 1 saturated heterocycles. The summed E-state index contributed by atoms with van der Waals surface area (Å²) in [6.45, 7) is 4.77. The number of benzene rings is 3. The first-order valence-electron chi connectivity index (χ1n) is 10.8. The van der Waals surface area contributed by atoms with Gasteiger partial charge >= 0.3 is 0 Å². The molecule has 1 aliphatic heterocycles. The summed E-state index contributed by atoms with van der Waals surface area (Å²) in [7, 11) is -3.61. The van der Waals surface area contributed by atoms with E-state index in [1.165, 1.54) is 4.31 Å². The van der Waals surface area contributed by atoms with Crippen molar-refractivity contribution in [3.05, 3.63) is 101 Å². The van der Waals surface area contributed by atoms with E-state index in [1.807, 2.05) is 37.3 Å². The number of carbonyl (C=O) groups is 2. The molecule has 1 aliphatic rings. The van der Waals surface area contributed by atoms with E-state index < -0.39 is 10.0 Å². The van der Waals surface area contributed by atoms with Gasteiger partial charge in [0, 0.05) is 42.9 Å². The summed E-state index contributed by atoms with van der Waals surface area (Å²) in [4.78, 5) is 27.5. The molecule has 0 spiro atoms. The van der Waals surface area contributed by atoms with Gasteiger partial charge in [-0.2, -0.15) is 4.31 Å². The van der Waals surface area contributed by atoms with Crippen molar-refractivity contribution in [1.29, 1.82) is 0 Å². The van der Waals surface area contributed by atoms with Gasteiger partial charge in [0.1, 0.15) is 0 Å². The first kappa shape index (κ1) is 22.9. The quantitative estimate of drug-likeness (QED) is 0.542. The maximum atomic E-state index is 13.1. The Morgan fingerprint density at radius 1 is 0.727 bits per heavy atom. The van der Waals surface area contributed by atoms with Gasteiger partial charge in [0.2, 0.25) is 10.0 Å². The smallest absolute Gasteiger partial charge is 0.253 e. The Morgan fingerprint density at radius 2 is 1.30 bits per heavy atom. The van der Waals surface area contributed by atoms with Crippen LogP contribution >= 0.6 is 0 Å². The molecular formula is C26H26N2O4S. The van der Waals surface area contributed by atoms with Crippen molar-refractivity contribution in [2.45, 2.75) is 18.7 Å². The largest absolute Gasteiger partial charge is 0.336 e. The Balaban J connectivity index is 1.42. The van der Waals surface area contributed by atoms with Gasteiger partial charge in [0.25, 0.3) is 5.91 Å². The average molecular weight is 463 g/mol. The fourth-order valence-corrected chi connectivity index (χ4v) is 5.69. The summed E-state index contributed by atoms with van der Waals surface area (Å²) in [5.74, 6) is -0.266. The Kier molecular flexibility index (Phi) is 6.44. The van der Waals surface area contributed by atoms with Gasteiger partial charge in [0.15, 0.2) is 5.78 Å². The molecule has 33 heavy (non-hydrogen) atoms. The number of carbonyl (C=O) groups excluding carboxylic acids is 2. The zero-order chi connectivity index (χ0) is 23.6. The van der Waals surface area contributed by atoms with E-state index in [9.17, 15) is 18.0 Å². The molecule has 0 aliphatic carbocycles. The Bertz CT molecular complexity index is 1280. The second kappa shape index (κ2) is 9.29. The monoisotopic (exact) mass is 462 g/mol. The third-order valence-electron chi connectivity index (χ3n) is 5.92. The van der Waals surface area contributed by atoms with Crippen LogP contribution in [0.3, 0.4) is 0 Å². The van der Waals surface area contributed by atoms with Gasteiger partial charge in [-0.15, -0.1) is 0 Å². The van der Waals surface area contributed by atoms with Crippen molar-refractivity contribution in [2.24, 2.45) is 0 Å². The zero-order valence-electron chi connectivity index (χ0n) is 18.7. The van der Waals surface area contributed by atoms with E-state index in [2.05, 4.69) is 0 Å². The maximum Gasteiger partial charge on any atom is 0.253 e. The first-order chi connectivity index (χ1) is 15.8. The van der Waals surface area contributed by atoms with Crippen LogP contribution in [0.4, 0.5) is 0 Å². The van der Waals surface area contributed by atoms with Crippen molar-refractivity contribution in [1.82, 2.24) is 9.21 Å². The summed E-state index contributed by atoms with van der Waals surface area (Å²) in [6.07, 6.45) is 0. The van der Waals surface area contributed by atoms with Gasteiger partial charge in [0.05, 0.1) is 4.90 Å². The second-order valence-electron chi connectivity index (χ2n) is 8.24. The van der Waals surface area contributed by atoms with Crippen molar-refractivity contribution in [3.8, 4) is 0 Å². The van der Waals surface area contributed by atoms with Crippen LogP contribution in [0.1, 0.15) is 37.4 Å². The summed E-state index contributed by atoms with van der Waals surface area (Å²) >= 11 is 0. The molecule has 0 atom stereocenters. The minimum Gasteiger partial charge on any atom is -0.336 e. The molecule has 7 heteroatoms. The SMILES string of the molecule is Cc1ccc(C)c(S(=O)(=O)N2CCN(C(=O)c3ccc(C(=O)c4ccccc4)cc3)CC2)c1. The highest BCUT2D eigenvalue weighted by Crippen LogP contribution is 2.23. The summed E-state index contributed by atoms with van der Waals surface area (Å²) in [5.41, 5.74) is 3.19. The van der Waals surface area contributed by atoms with Crippen LogP contribution < -0.4 is 0 Å². The van der Waals surface area contributed by atoms with Gasteiger partial charge < -0.3 is 4.90 Å². The number of piperazine rings is 1. The van der Waals surface area contributed by atoms with Crippen molar-refractivity contribution in [3.63, 3.8) is 0 Å². The van der Waals surface area contributed by atoms with E-state index >= 15 is 0 Å². The molecule has 1 amide bonds. The van der Waals surface area contributed by atoms with Crippen LogP contribution in [0.5, 0.6) is 0 Å². The molecule has 0 bridgehead atoms. The van der Waals surface area contributed by atoms with Crippen molar-refractivity contribution < 1.29 is 18.0 Å². The second-order valence-corrected chi connectivity index (χ2v) is 10.1. The standard InChI is InChI=1S/C26H26N2O4S/c1-19-8-9-20(2)24(18-19)33(31,32)28-16-14-27(15-17-28)26(30)23-12-10-22(11-13-23)25(29)21-6-4-3-5-7-21/h3-13,18H,14-17H2,1-2H3. The molecule has 0 N–H and O–H groups in total. The highest BCUT2D eigenvalue weighted by Gasteiger charge is 2.31. The van der Waals surface area contributed by atoms with Gasteiger partial charge in [-0.05, 0) is 43.2 Å². The Hall–Kier alpha value is -3.29. The zero-order valence-corrected chi connectivity index (χ0v) is 19.5. The number of sulfonamides is 1. The maximum absolute atomic E-state index is 13.1. The minimum absolute atomic E-state index is 0.0973. The first-order valence-corrected chi connectivity index (χ1v) is 12.3. The fourth-order valence-electron chi connectivity index (χ4n) is 3.96. The lowest BCUT2D eigenvalue weighted by Gasteiger charge is -2.34. The highest BCUT2D eigenvalue weighted by molar-refractivity contribution is 7.89. The molecule has 1 fully saturated rings. The van der Waals surface area contributed by atoms with Crippen LogP contribution in [-0.4, -0.2) is 55.5 Å². The van der Waals surface area contributed by atoms with E-state index in [0.29, 0.717) is 40.2 Å². The van der Waals surface area contributed by atoms with Crippen LogP contribution in [0.25, 0.3) is 0 Å². The predicted octanol–water partition coefficient (Wildman–Crippen LogP) is 3.68. The molecule has 170 valence electrons. The topological polar surface area (TPSA) is 74.8 Å². The third kappa shape index (κ3) is 4.74. The number of rotatable bonds is 5. The molecule has 1 heterocycles. The van der Waals surface area contributed by atoms with Crippen molar-refractivity contribution >= 4 is 21.7 Å². The molecule has 6 nitrogen and oxygen atoms in total. The Morgan fingerprint density at radius 3 is 1.94 bits per heavy atom. The third-order valence-corrected chi connectivity index (χ3v) is 7.96. The van der Waals surface area contributed by atoms with Crippen LogP contribution in [0.2, 0.25) is 0 Å². The number of amides is 1. The molecule has 4 rings (SSSR count). The lowest BCUT2D eigenvalue weighted by Crippen LogP contribution is -2.50. The van der Waals surface area contributed by atoms with E-state index in [-0.39, 0.29) is 24.8 Å². The number of ketones is 1. The van der Waals surface area contributed by atoms with Crippen LogP contribution in [0.15, 0.2) is 77.7 Å². The molecule has 0 unspecified atom stereocenters. The van der Waals surface area contributed by atoms with Gasteiger partial charge in [-0.25, -0.2) is 8.42 Å². The van der Waals surface area contributed by atoms with Crippen LogP contribution in [-0.2, 0) is 10.0 Å². The van der Waals surface area contributed by atoms with E-state index in [4.69, 9.17) is 0 Å². The van der Waals surface area contributed by atoms with Crippen molar-refractivity contribution in [2.75, 3.05) is 26.2 Å². The number of hydrogen-bond acceptors (Lipinski definition) is 4. The molecule has 3 aromatic rings. The summed E-state index contributed by atoms with van der Waals surface area (Å²) < 4.78 is 27.7. The Labute approximate surface area is 194 Å². The molecule has 0 radical (unpaired) electrons. The van der Waals surface area contributed by atoms with Gasteiger partial charge in [-0.1, -0.05) is 54.6 Å². The fraction of sp³-hybridized carbons (Fsp3) is 0.231. The molecular weight excluding hydrogens is 436 g/mol. The number of hydrogen-bond donors (Lipinski definition) is 0. The lowest BCUT2D eigenvalue weighted by molar-refractivity contribution is 0.0697. The minimum atomic E-state index is -3.61. The lowest BCUT2D eigenvalue weighted by atomic mass is 10.0. The molecule has 0 aromatic heterocycles. The predicted molar refractivity (Wildman–Crippen MR) is 127 cm³/mol. The number of aryl methyl sites for hydroxylation is 2. The molecule has 0 saturated carbocycles. The average Bonchev–Trinajstić information content (AvgIpc) is 2.85. The van der Waals surface area contributed by atoms with E-state index in [1.54, 1.807) is 54.3 Å². The highest BCUT2D eigenvalue weighted by atomic mass is 32.2. The number of nitrogens with zero attached hydrogens (tertiary/aromatic N) is 2.